The Balaban J connectivity index is 1.81. The van der Waals surface area contributed by atoms with Crippen LogP contribution >= 0.6 is 0 Å². The summed E-state index contributed by atoms with van der Waals surface area (Å²) in [6.45, 7) is 2.27. The molecule has 0 atom stereocenters. The molecule has 0 bridgehead atoms. The third kappa shape index (κ3) is 16.8. The Kier molecular flexibility index (Phi) is 18.4. The van der Waals surface area contributed by atoms with E-state index in [-0.39, 0.29) is 0 Å². The van der Waals surface area contributed by atoms with Gasteiger partial charge in [0.15, 0.2) is 0 Å². The highest BCUT2D eigenvalue weighted by molar-refractivity contribution is 5.96. The number of carbonyl (C=O) groups is 2. The number of hydrogen-bond acceptors (Lipinski definition) is 3. The van der Waals surface area contributed by atoms with Crippen LogP contribution in [0.5, 0.6) is 0 Å². The van der Waals surface area contributed by atoms with Gasteiger partial charge in [-0.3, -0.25) is 4.79 Å². The van der Waals surface area contributed by atoms with Crippen LogP contribution in [0.1, 0.15) is 133 Å². The summed E-state index contributed by atoms with van der Waals surface area (Å²) in [4.78, 5) is 23.6. The molecule has 1 aromatic rings. The third-order valence-electron chi connectivity index (χ3n) is 5.86. The molecule has 180 valence electrons. The molecule has 0 aromatic heterocycles. The largest absolute Gasteiger partial charge is 0.389 e. The second kappa shape index (κ2) is 21.0. The van der Waals surface area contributed by atoms with Gasteiger partial charge in [0, 0.05) is 6.42 Å². The minimum Gasteiger partial charge on any atom is -0.389 e. The van der Waals surface area contributed by atoms with Gasteiger partial charge >= 0.3 is 11.9 Å². The van der Waals surface area contributed by atoms with Crippen molar-refractivity contribution in [2.24, 2.45) is 0 Å². The van der Waals surface area contributed by atoms with Crippen LogP contribution < -0.4 is 0 Å². The topological polar surface area (TPSA) is 43.4 Å². The van der Waals surface area contributed by atoms with Crippen molar-refractivity contribution in [2.75, 3.05) is 0 Å². The number of allylic oxidation sites excluding steroid dienone is 2. The van der Waals surface area contributed by atoms with Crippen LogP contribution in [0.3, 0.4) is 0 Å². The van der Waals surface area contributed by atoms with Gasteiger partial charge in [0.25, 0.3) is 0 Å². The molecule has 3 heteroatoms. The Morgan fingerprint density at radius 3 is 1.66 bits per heavy atom. The van der Waals surface area contributed by atoms with Gasteiger partial charge in [-0.2, -0.15) is 0 Å². The zero-order valence-corrected chi connectivity index (χ0v) is 20.5. The predicted molar refractivity (Wildman–Crippen MR) is 135 cm³/mol. The molecule has 0 aliphatic rings. The fourth-order valence-corrected chi connectivity index (χ4v) is 3.83. The van der Waals surface area contributed by atoms with E-state index in [9.17, 15) is 9.59 Å². The van der Waals surface area contributed by atoms with Crippen molar-refractivity contribution in [1.82, 2.24) is 0 Å². The van der Waals surface area contributed by atoms with Gasteiger partial charge in [0.1, 0.15) is 0 Å². The van der Waals surface area contributed by atoms with Crippen LogP contribution in [-0.4, -0.2) is 11.9 Å². The van der Waals surface area contributed by atoms with E-state index in [4.69, 9.17) is 4.74 Å². The summed E-state index contributed by atoms with van der Waals surface area (Å²) in [7, 11) is 0. The summed E-state index contributed by atoms with van der Waals surface area (Å²) >= 11 is 0. The van der Waals surface area contributed by atoms with Crippen LogP contribution in [-0.2, 0) is 9.53 Å². The second-order valence-electron chi connectivity index (χ2n) is 8.88. The Hall–Kier alpha value is -1.90. The van der Waals surface area contributed by atoms with E-state index >= 15 is 0 Å². The van der Waals surface area contributed by atoms with Crippen molar-refractivity contribution in [3.8, 4) is 0 Å². The van der Waals surface area contributed by atoms with E-state index in [0.717, 1.165) is 19.3 Å². The Morgan fingerprint density at radius 2 is 1.12 bits per heavy atom. The molecule has 0 unspecified atom stereocenters. The van der Waals surface area contributed by atoms with Crippen LogP contribution in [0.2, 0.25) is 0 Å². The molecule has 3 nitrogen and oxygen atoms in total. The lowest BCUT2D eigenvalue weighted by Gasteiger charge is -2.04. The van der Waals surface area contributed by atoms with Crippen LogP contribution in [0.25, 0.3) is 0 Å². The number of rotatable bonds is 20. The number of benzene rings is 1. The summed E-state index contributed by atoms with van der Waals surface area (Å²) in [6, 6.07) is 8.66. The average molecular weight is 443 g/mol. The zero-order chi connectivity index (χ0) is 23.1. The molecule has 32 heavy (non-hydrogen) atoms. The average Bonchev–Trinajstić information content (AvgIpc) is 2.81. The van der Waals surface area contributed by atoms with E-state index < -0.39 is 11.9 Å². The quantitative estimate of drug-likeness (QED) is 0.0875. The zero-order valence-electron chi connectivity index (χ0n) is 20.5. The summed E-state index contributed by atoms with van der Waals surface area (Å²) < 4.78 is 4.89. The molecule has 0 heterocycles. The first-order chi connectivity index (χ1) is 15.7. The molecular weight excluding hydrogens is 396 g/mol. The van der Waals surface area contributed by atoms with Crippen molar-refractivity contribution < 1.29 is 14.3 Å². The first-order valence-electron chi connectivity index (χ1n) is 13.2. The summed E-state index contributed by atoms with van der Waals surface area (Å²) in [5.41, 5.74) is 0.421. The maximum atomic E-state index is 11.8. The van der Waals surface area contributed by atoms with E-state index in [1.165, 1.54) is 89.9 Å². The van der Waals surface area contributed by atoms with Crippen molar-refractivity contribution in [3.05, 3.63) is 48.0 Å². The fraction of sp³-hybridized carbons (Fsp3) is 0.655. The van der Waals surface area contributed by atoms with Gasteiger partial charge in [0.05, 0.1) is 5.56 Å². The third-order valence-corrected chi connectivity index (χ3v) is 5.86. The van der Waals surface area contributed by atoms with Crippen molar-refractivity contribution >= 4 is 11.9 Å². The minimum atomic E-state index is -0.552. The number of carbonyl (C=O) groups excluding carboxylic acids is 2. The van der Waals surface area contributed by atoms with Gasteiger partial charge in [0.2, 0.25) is 0 Å². The number of hydrogen-bond donors (Lipinski definition) is 0. The van der Waals surface area contributed by atoms with Gasteiger partial charge in [-0.1, -0.05) is 114 Å². The highest BCUT2D eigenvalue weighted by atomic mass is 16.6. The summed E-state index contributed by atoms with van der Waals surface area (Å²) in [5, 5.41) is 0. The molecule has 0 aliphatic heterocycles. The number of ether oxygens (including phenoxy) is 1. The lowest BCUT2D eigenvalue weighted by molar-refractivity contribution is -0.138. The molecule has 0 saturated carbocycles. The van der Waals surface area contributed by atoms with E-state index in [1.54, 1.807) is 24.3 Å². The standard InChI is InChI=1S/C29H46O3/c1-2-3-4-5-6-7-8-9-10-11-12-13-14-15-16-17-18-19-23-26-28(30)32-29(31)27-24-21-20-22-25-27/h9-10,20-22,24-25H,2-8,11-19,23,26H2,1H3/b10-9-. The molecule has 0 aliphatic carbocycles. The Labute approximate surface area is 197 Å². The summed E-state index contributed by atoms with van der Waals surface area (Å²) in [6.07, 6.45) is 26.7. The summed E-state index contributed by atoms with van der Waals surface area (Å²) in [5.74, 6) is -0.969. The number of unbranched alkanes of at least 4 members (excludes halogenated alkanes) is 15. The van der Waals surface area contributed by atoms with Crippen LogP contribution in [0, 0.1) is 0 Å². The molecule has 0 spiro atoms. The van der Waals surface area contributed by atoms with E-state index in [2.05, 4.69) is 19.1 Å². The molecule has 1 rings (SSSR count). The molecule has 0 saturated heterocycles. The highest BCUT2D eigenvalue weighted by Gasteiger charge is 2.11. The predicted octanol–water partition coefficient (Wildman–Crippen LogP) is 8.97. The normalized spacial score (nSPS) is 11.2. The van der Waals surface area contributed by atoms with Crippen molar-refractivity contribution in [2.45, 2.75) is 122 Å². The van der Waals surface area contributed by atoms with Crippen molar-refractivity contribution in [1.29, 1.82) is 0 Å². The molecule has 1 aromatic carbocycles. The van der Waals surface area contributed by atoms with Crippen LogP contribution in [0.4, 0.5) is 0 Å². The lowest BCUT2D eigenvalue weighted by atomic mass is 10.1. The minimum absolute atomic E-state index is 0.324. The van der Waals surface area contributed by atoms with Gasteiger partial charge in [-0.25, -0.2) is 4.79 Å². The van der Waals surface area contributed by atoms with Crippen LogP contribution in [0.15, 0.2) is 42.5 Å². The molecular formula is C29H46O3. The molecule has 0 N–H and O–H groups in total. The molecule has 0 radical (unpaired) electrons. The van der Waals surface area contributed by atoms with Gasteiger partial charge < -0.3 is 4.74 Å². The van der Waals surface area contributed by atoms with Gasteiger partial charge in [-0.15, -0.1) is 0 Å². The van der Waals surface area contributed by atoms with Gasteiger partial charge in [-0.05, 0) is 44.2 Å². The number of esters is 2. The SMILES string of the molecule is CCCCCCCC/C=C\CCCCCCCCCCCC(=O)OC(=O)c1ccccc1. The monoisotopic (exact) mass is 442 g/mol. The van der Waals surface area contributed by atoms with Crippen molar-refractivity contribution in [3.63, 3.8) is 0 Å². The Morgan fingerprint density at radius 1 is 0.656 bits per heavy atom. The second-order valence-corrected chi connectivity index (χ2v) is 8.88. The first-order valence-corrected chi connectivity index (χ1v) is 13.2. The Bertz CT molecular complexity index is 606. The smallest absolute Gasteiger partial charge is 0.345 e. The molecule has 0 amide bonds. The first kappa shape index (κ1) is 28.1. The van der Waals surface area contributed by atoms with E-state index in [1.807, 2.05) is 6.07 Å². The van der Waals surface area contributed by atoms with E-state index in [0.29, 0.717) is 12.0 Å². The maximum absolute atomic E-state index is 11.8. The maximum Gasteiger partial charge on any atom is 0.345 e. The lowest BCUT2D eigenvalue weighted by Crippen LogP contribution is -2.12. The molecule has 0 fully saturated rings. The fourth-order valence-electron chi connectivity index (χ4n) is 3.83. The highest BCUT2D eigenvalue weighted by Crippen LogP contribution is 2.13.